The number of hydrogen-bond donors (Lipinski definition) is 4. The summed E-state index contributed by atoms with van der Waals surface area (Å²) >= 11 is 0. The molecule has 90 valence electrons. The van der Waals surface area contributed by atoms with Crippen LogP contribution in [0.2, 0.25) is 0 Å². The van der Waals surface area contributed by atoms with Crippen LogP contribution in [0.15, 0.2) is 4.99 Å². The molecule has 15 heavy (non-hydrogen) atoms. The minimum absolute atomic E-state index is 0. The molecule has 6 N–H and O–H groups in total. The largest absolute Gasteiger partial charge is 0.480 e. The van der Waals surface area contributed by atoms with Gasteiger partial charge in [-0.25, -0.2) is 4.99 Å². The molecule has 6 nitrogen and oxygen atoms in total. The van der Waals surface area contributed by atoms with Crippen LogP contribution in [0.4, 0.5) is 0 Å². The maximum atomic E-state index is 10.5. The lowest BCUT2D eigenvalue weighted by Crippen LogP contribution is -2.46. The molecular weight excluding hydrogens is 243 g/mol. The Balaban J connectivity index is 0. The van der Waals surface area contributed by atoms with Gasteiger partial charge in [0.25, 0.3) is 0 Å². The van der Waals surface area contributed by atoms with Crippen LogP contribution in [0, 0.1) is 0 Å². The van der Waals surface area contributed by atoms with E-state index in [-0.39, 0.29) is 36.8 Å². The predicted molar refractivity (Wildman–Crippen MR) is 62.8 cm³/mol. The zero-order valence-corrected chi connectivity index (χ0v) is 9.68. The molecule has 8 heteroatoms. The number of halogens is 2. The van der Waals surface area contributed by atoms with Crippen molar-refractivity contribution in [1.82, 2.24) is 5.32 Å². The van der Waals surface area contributed by atoms with Crippen LogP contribution in [-0.4, -0.2) is 35.7 Å². The topological polar surface area (TPSA) is 114 Å². The van der Waals surface area contributed by atoms with E-state index in [4.69, 9.17) is 16.6 Å². The fourth-order valence-corrected chi connectivity index (χ4v) is 1.37. The highest BCUT2D eigenvalue weighted by atomic mass is 35.5. The van der Waals surface area contributed by atoms with E-state index >= 15 is 0 Å². The van der Waals surface area contributed by atoms with Crippen LogP contribution < -0.4 is 16.8 Å². The Labute approximate surface area is 100 Å². The molecule has 0 saturated carbocycles. The van der Waals surface area contributed by atoms with Gasteiger partial charge < -0.3 is 21.9 Å². The first-order chi connectivity index (χ1) is 6.09. The standard InChI is InChI=1S/C7H14N4O2.2ClH/c8-7(9)11-4-1-2-5(6(12)13)10-3-4;;/h4-5,10H,1-3H2,(H,12,13)(H4,8,9,11);2*1H/t4-,5-;;/m0../s1. The number of aliphatic imine (C=N–C) groups is 1. The van der Waals surface area contributed by atoms with Crippen LogP contribution in [0.5, 0.6) is 0 Å². The summed E-state index contributed by atoms with van der Waals surface area (Å²) in [7, 11) is 0. The first-order valence-electron chi connectivity index (χ1n) is 4.14. The van der Waals surface area contributed by atoms with Gasteiger partial charge in [-0.15, -0.1) is 24.8 Å². The molecule has 1 rings (SSSR count). The summed E-state index contributed by atoms with van der Waals surface area (Å²) in [5, 5.41) is 11.5. The maximum Gasteiger partial charge on any atom is 0.320 e. The average Bonchev–Trinajstić information content (AvgIpc) is 2.04. The Bertz CT molecular complexity index is 225. The van der Waals surface area contributed by atoms with Crippen molar-refractivity contribution in [3.8, 4) is 0 Å². The van der Waals surface area contributed by atoms with E-state index in [1.807, 2.05) is 0 Å². The summed E-state index contributed by atoms with van der Waals surface area (Å²) in [5.41, 5.74) is 10.4. The number of carboxylic acids is 1. The average molecular weight is 259 g/mol. The highest BCUT2D eigenvalue weighted by molar-refractivity contribution is 5.85. The SMILES string of the molecule is Cl.Cl.NC(N)=N[C@H]1CC[C@@H](C(=O)O)NC1. The fraction of sp³-hybridized carbons (Fsp3) is 0.714. The van der Waals surface area contributed by atoms with Crippen LogP contribution in [0.25, 0.3) is 0 Å². The van der Waals surface area contributed by atoms with Gasteiger partial charge in [-0.1, -0.05) is 0 Å². The van der Waals surface area contributed by atoms with Crippen molar-refractivity contribution in [3.63, 3.8) is 0 Å². The zero-order chi connectivity index (χ0) is 9.84. The monoisotopic (exact) mass is 258 g/mol. The lowest BCUT2D eigenvalue weighted by Gasteiger charge is -2.24. The van der Waals surface area contributed by atoms with Gasteiger partial charge in [0.05, 0.1) is 6.04 Å². The van der Waals surface area contributed by atoms with E-state index in [2.05, 4.69) is 10.3 Å². The van der Waals surface area contributed by atoms with Gasteiger partial charge in [0, 0.05) is 6.54 Å². The minimum Gasteiger partial charge on any atom is -0.480 e. The first-order valence-corrected chi connectivity index (χ1v) is 4.14. The second-order valence-electron chi connectivity index (χ2n) is 3.08. The number of nitrogens with one attached hydrogen (secondary N) is 1. The van der Waals surface area contributed by atoms with Crippen molar-refractivity contribution in [2.75, 3.05) is 6.54 Å². The molecule has 2 atom stereocenters. The van der Waals surface area contributed by atoms with Crippen molar-refractivity contribution in [3.05, 3.63) is 0 Å². The highest BCUT2D eigenvalue weighted by Crippen LogP contribution is 2.10. The Hall–Kier alpha value is -0.720. The van der Waals surface area contributed by atoms with Gasteiger partial charge in [-0.2, -0.15) is 0 Å². The molecule has 1 fully saturated rings. The molecule has 0 aliphatic carbocycles. The third kappa shape index (κ3) is 5.66. The molecule has 0 aromatic heterocycles. The highest BCUT2D eigenvalue weighted by Gasteiger charge is 2.24. The second kappa shape index (κ2) is 7.56. The third-order valence-electron chi connectivity index (χ3n) is 2.02. The molecule has 1 saturated heterocycles. The number of aliphatic carboxylic acids is 1. The Morgan fingerprint density at radius 1 is 1.33 bits per heavy atom. The van der Waals surface area contributed by atoms with E-state index in [1.54, 1.807) is 0 Å². The summed E-state index contributed by atoms with van der Waals surface area (Å²) in [6.07, 6.45) is 1.28. The zero-order valence-electron chi connectivity index (χ0n) is 8.05. The van der Waals surface area contributed by atoms with Crippen LogP contribution in [-0.2, 0) is 4.79 Å². The number of piperidine rings is 1. The molecule has 0 radical (unpaired) electrons. The fourth-order valence-electron chi connectivity index (χ4n) is 1.37. The molecule has 0 spiro atoms. The van der Waals surface area contributed by atoms with Crippen LogP contribution in [0.1, 0.15) is 12.8 Å². The van der Waals surface area contributed by atoms with Crippen molar-refractivity contribution < 1.29 is 9.90 Å². The quantitative estimate of drug-likeness (QED) is 0.387. The molecule has 1 aliphatic heterocycles. The van der Waals surface area contributed by atoms with Gasteiger partial charge in [0.2, 0.25) is 0 Å². The van der Waals surface area contributed by atoms with E-state index in [0.29, 0.717) is 19.4 Å². The molecule has 1 aliphatic rings. The van der Waals surface area contributed by atoms with E-state index in [1.165, 1.54) is 0 Å². The van der Waals surface area contributed by atoms with Gasteiger partial charge in [-0.3, -0.25) is 4.79 Å². The van der Waals surface area contributed by atoms with Gasteiger partial charge in [0.15, 0.2) is 5.96 Å². The van der Waals surface area contributed by atoms with Gasteiger partial charge in [0.1, 0.15) is 6.04 Å². The summed E-state index contributed by atoms with van der Waals surface area (Å²) in [6, 6.07) is -0.439. The summed E-state index contributed by atoms with van der Waals surface area (Å²) in [4.78, 5) is 14.5. The number of nitrogens with two attached hydrogens (primary N) is 2. The molecular formula is C7H16Cl2N4O2. The van der Waals surface area contributed by atoms with Gasteiger partial charge >= 0.3 is 5.97 Å². The molecule has 0 bridgehead atoms. The van der Waals surface area contributed by atoms with Crippen molar-refractivity contribution in [1.29, 1.82) is 0 Å². The number of carbonyl (C=O) groups is 1. The Kier molecular flexibility index (Phi) is 8.41. The molecule has 0 amide bonds. The first kappa shape index (κ1) is 16.7. The van der Waals surface area contributed by atoms with E-state index in [0.717, 1.165) is 0 Å². The number of nitrogens with zero attached hydrogens (tertiary/aromatic N) is 1. The van der Waals surface area contributed by atoms with Crippen molar-refractivity contribution >= 4 is 36.7 Å². The molecule has 0 aromatic rings. The smallest absolute Gasteiger partial charge is 0.320 e. The van der Waals surface area contributed by atoms with E-state index < -0.39 is 12.0 Å². The molecule has 0 unspecified atom stereocenters. The van der Waals surface area contributed by atoms with Crippen molar-refractivity contribution in [2.24, 2.45) is 16.5 Å². The number of carboxylic acid groups (broad SMARTS) is 1. The Morgan fingerprint density at radius 3 is 2.27 bits per heavy atom. The van der Waals surface area contributed by atoms with Crippen molar-refractivity contribution in [2.45, 2.75) is 24.9 Å². The number of guanidine groups is 1. The summed E-state index contributed by atoms with van der Waals surface area (Å²) < 4.78 is 0. The third-order valence-corrected chi connectivity index (χ3v) is 2.02. The number of rotatable bonds is 2. The van der Waals surface area contributed by atoms with E-state index in [9.17, 15) is 4.79 Å². The summed E-state index contributed by atoms with van der Waals surface area (Å²) in [5.74, 6) is -0.760. The molecule has 0 aromatic carbocycles. The lowest BCUT2D eigenvalue weighted by atomic mass is 10.0. The van der Waals surface area contributed by atoms with Gasteiger partial charge in [-0.05, 0) is 12.8 Å². The normalized spacial score (nSPS) is 24.3. The lowest BCUT2D eigenvalue weighted by molar-refractivity contribution is -0.140. The predicted octanol–water partition coefficient (Wildman–Crippen LogP) is -0.691. The minimum atomic E-state index is -0.817. The summed E-state index contributed by atoms with van der Waals surface area (Å²) in [6.45, 7) is 0.523. The van der Waals surface area contributed by atoms with Crippen LogP contribution >= 0.6 is 24.8 Å². The number of hydrogen-bond acceptors (Lipinski definition) is 3. The second-order valence-corrected chi connectivity index (χ2v) is 3.08. The molecule has 1 heterocycles. The van der Waals surface area contributed by atoms with Crippen LogP contribution in [0.3, 0.4) is 0 Å². The maximum absolute atomic E-state index is 10.5. The Morgan fingerprint density at radius 2 is 1.93 bits per heavy atom.